The Labute approximate surface area is 111 Å². The molecule has 6 heteroatoms. The second-order valence-electron chi connectivity index (χ2n) is 4.91. The molecule has 2 aromatic heterocycles. The Balaban J connectivity index is 1.70. The van der Waals surface area contributed by atoms with Gasteiger partial charge >= 0.3 is 0 Å². The summed E-state index contributed by atoms with van der Waals surface area (Å²) in [5.74, 6) is 1.72. The van der Waals surface area contributed by atoms with Gasteiger partial charge in [-0.1, -0.05) is 5.16 Å². The smallest absolute Gasteiger partial charge is 0.241 e. The van der Waals surface area contributed by atoms with E-state index in [0.29, 0.717) is 30.1 Å². The van der Waals surface area contributed by atoms with Crippen LogP contribution in [-0.2, 0) is 11.3 Å². The summed E-state index contributed by atoms with van der Waals surface area (Å²) in [6.45, 7) is 6.46. The van der Waals surface area contributed by atoms with E-state index >= 15 is 0 Å². The summed E-state index contributed by atoms with van der Waals surface area (Å²) in [6, 6.07) is 3.97. The molecule has 3 rings (SSSR count). The van der Waals surface area contributed by atoms with E-state index in [1.54, 1.807) is 12.3 Å². The quantitative estimate of drug-likeness (QED) is 0.843. The lowest BCUT2D eigenvalue weighted by Gasteiger charge is -2.35. The SMILES string of the molecule is CC1CN(Cc2nc(-c3ccco3)no2)C(C)CO1. The van der Waals surface area contributed by atoms with Crippen LogP contribution >= 0.6 is 0 Å². The number of hydrogen-bond donors (Lipinski definition) is 0. The second-order valence-corrected chi connectivity index (χ2v) is 4.91. The van der Waals surface area contributed by atoms with Crippen molar-refractivity contribution in [1.82, 2.24) is 15.0 Å². The van der Waals surface area contributed by atoms with Crippen molar-refractivity contribution >= 4 is 0 Å². The Bertz CT molecular complexity index is 523. The Morgan fingerprint density at radius 2 is 2.32 bits per heavy atom. The minimum Gasteiger partial charge on any atom is -0.461 e. The first kappa shape index (κ1) is 12.4. The third-order valence-corrected chi connectivity index (χ3v) is 3.28. The predicted octanol–water partition coefficient (Wildman–Crippen LogP) is 1.94. The fourth-order valence-corrected chi connectivity index (χ4v) is 2.19. The Kier molecular flexibility index (Phi) is 3.35. The highest BCUT2D eigenvalue weighted by Crippen LogP contribution is 2.18. The molecule has 1 aliphatic heterocycles. The lowest BCUT2D eigenvalue weighted by molar-refractivity contribution is -0.0555. The summed E-state index contributed by atoms with van der Waals surface area (Å²) in [5.41, 5.74) is 0. The Hall–Kier alpha value is -1.66. The van der Waals surface area contributed by atoms with Crippen molar-refractivity contribution in [3.8, 4) is 11.6 Å². The molecule has 0 bridgehead atoms. The van der Waals surface area contributed by atoms with Gasteiger partial charge in [0.1, 0.15) is 0 Å². The first-order valence-corrected chi connectivity index (χ1v) is 6.44. The van der Waals surface area contributed by atoms with E-state index in [4.69, 9.17) is 13.7 Å². The van der Waals surface area contributed by atoms with Crippen LogP contribution in [0.5, 0.6) is 0 Å². The second kappa shape index (κ2) is 5.14. The third kappa shape index (κ3) is 2.69. The molecule has 0 amide bonds. The van der Waals surface area contributed by atoms with Crippen LogP contribution in [0.3, 0.4) is 0 Å². The maximum atomic E-state index is 5.60. The first-order chi connectivity index (χ1) is 9.22. The predicted molar refractivity (Wildman–Crippen MR) is 67.3 cm³/mol. The minimum atomic E-state index is 0.240. The highest BCUT2D eigenvalue weighted by molar-refractivity contribution is 5.44. The van der Waals surface area contributed by atoms with E-state index in [1.165, 1.54) is 0 Å². The average Bonchev–Trinajstić information content (AvgIpc) is 3.04. The molecule has 19 heavy (non-hydrogen) atoms. The molecule has 1 saturated heterocycles. The summed E-state index contributed by atoms with van der Waals surface area (Å²) < 4.78 is 16.1. The van der Waals surface area contributed by atoms with Gasteiger partial charge in [-0.15, -0.1) is 0 Å². The standard InChI is InChI=1S/C13H17N3O3/c1-9-8-18-10(2)6-16(9)7-12-14-13(15-19-12)11-4-3-5-17-11/h3-5,9-10H,6-8H2,1-2H3. The van der Waals surface area contributed by atoms with Gasteiger partial charge in [0.25, 0.3) is 0 Å². The normalized spacial score (nSPS) is 24.7. The topological polar surface area (TPSA) is 64.5 Å². The van der Waals surface area contributed by atoms with Crippen LogP contribution in [0.15, 0.2) is 27.3 Å². The van der Waals surface area contributed by atoms with Crippen molar-refractivity contribution < 1.29 is 13.7 Å². The zero-order valence-corrected chi connectivity index (χ0v) is 11.1. The maximum Gasteiger partial charge on any atom is 0.241 e. The number of furan rings is 1. The van der Waals surface area contributed by atoms with E-state index < -0.39 is 0 Å². The van der Waals surface area contributed by atoms with Gasteiger partial charge in [0, 0.05) is 12.6 Å². The molecule has 0 radical (unpaired) electrons. The lowest BCUT2D eigenvalue weighted by Crippen LogP contribution is -2.46. The van der Waals surface area contributed by atoms with Crippen LogP contribution < -0.4 is 0 Å². The fourth-order valence-electron chi connectivity index (χ4n) is 2.19. The molecule has 2 unspecified atom stereocenters. The summed E-state index contributed by atoms with van der Waals surface area (Å²) in [4.78, 5) is 6.64. The molecule has 6 nitrogen and oxygen atoms in total. The van der Waals surface area contributed by atoms with E-state index in [9.17, 15) is 0 Å². The van der Waals surface area contributed by atoms with Crippen LogP contribution in [0.4, 0.5) is 0 Å². The van der Waals surface area contributed by atoms with E-state index in [2.05, 4.69) is 28.9 Å². The largest absolute Gasteiger partial charge is 0.461 e. The maximum absolute atomic E-state index is 5.60. The molecule has 0 saturated carbocycles. The van der Waals surface area contributed by atoms with Gasteiger partial charge in [-0.2, -0.15) is 4.98 Å². The average molecular weight is 263 g/mol. The molecule has 1 aliphatic rings. The number of ether oxygens (including phenoxy) is 1. The summed E-state index contributed by atoms with van der Waals surface area (Å²) in [7, 11) is 0. The van der Waals surface area contributed by atoms with Crippen LogP contribution in [0.1, 0.15) is 19.7 Å². The highest BCUT2D eigenvalue weighted by Gasteiger charge is 2.25. The van der Waals surface area contributed by atoms with Crippen LogP contribution in [0.25, 0.3) is 11.6 Å². The van der Waals surface area contributed by atoms with Crippen molar-refractivity contribution in [2.45, 2.75) is 32.5 Å². The Morgan fingerprint density at radius 1 is 1.42 bits per heavy atom. The molecule has 0 N–H and O–H groups in total. The highest BCUT2D eigenvalue weighted by atomic mass is 16.5. The van der Waals surface area contributed by atoms with Crippen LogP contribution in [-0.4, -0.2) is 40.3 Å². The summed E-state index contributed by atoms with van der Waals surface area (Å²) in [6.07, 6.45) is 1.83. The summed E-state index contributed by atoms with van der Waals surface area (Å²) >= 11 is 0. The zero-order valence-electron chi connectivity index (χ0n) is 11.1. The fraction of sp³-hybridized carbons (Fsp3) is 0.538. The van der Waals surface area contributed by atoms with E-state index in [1.807, 2.05) is 6.07 Å². The van der Waals surface area contributed by atoms with Gasteiger partial charge in [-0.05, 0) is 26.0 Å². The molecule has 1 fully saturated rings. The van der Waals surface area contributed by atoms with Crippen LogP contribution in [0.2, 0.25) is 0 Å². The molecule has 0 aromatic carbocycles. The number of rotatable bonds is 3. The van der Waals surface area contributed by atoms with Gasteiger partial charge in [-0.3, -0.25) is 4.90 Å². The number of aromatic nitrogens is 2. The molecule has 3 heterocycles. The Morgan fingerprint density at radius 3 is 3.11 bits per heavy atom. The van der Waals surface area contributed by atoms with E-state index in [0.717, 1.165) is 13.2 Å². The van der Waals surface area contributed by atoms with Gasteiger partial charge in [0.2, 0.25) is 11.7 Å². The van der Waals surface area contributed by atoms with Crippen molar-refractivity contribution in [2.75, 3.05) is 13.2 Å². The molecule has 102 valence electrons. The first-order valence-electron chi connectivity index (χ1n) is 6.44. The molecule has 0 aliphatic carbocycles. The monoisotopic (exact) mass is 263 g/mol. The molecule has 0 spiro atoms. The molecule has 2 atom stereocenters. The molecular weight excluding hydrogens is 246 g/mol. The van der Waals surface area contributed by atoms with Gasteiger partial charge < -0.3 is 13.7 Å². The summed E-state index contributed by atoms with van der Waals surface area (Å²) in [5, 5.41) is 3.93. The molecular formula is C13H17N3O3. The minimum absolute atomic E-state index is 0.240. The zero-order chi connectivity index (χ0) is 13.2. The van der Waals surface area contributed by atoms with Gasteiger partial charge in [-0.25, -0.2) is 0 Å². The van der Waals surface area contributed by atoms with Gasteiger partial charge in [0.05, 0.1) is 25.5 Å². The lowest BCUT2D eigenvalue weighted by atomic mass is 10.2. The van der Waals surface area contributed by atoms with Crippen molar-refractivity contribution in [3.63, 3.8) is 0 Å². The van der Waals surface area contributed by atoms with Gasteiger partial charge in [0.15, 0.2) is 5.76 Å². The third-order valence-electron chi connectivity index (χ3n) is 3.28. The number of morpholine rings is 1. The number of nitrogens with zero attached hydrogens (tertiary/aromatic N) is 3. The molecule has 2 aromatic rings. The van der Waals surface area contributed by atoms with Crippen molar-refractivity contribution in [1.29, 1.82) is 0 Å². The number of hydrogen-bond acceptors (Lipinski definition) is 6. The van der Waals surface area contributed by atoms with Crippen molar-refractivity contribution in [2.24, 2.45) is 0 Å². The van der Waals surface area contributed by atoms with Crippen molar-refractivity contribution in [3.05, 3.63) is 24.3 Å². The van der Waals surface area contributed by atoms with Crippen LogP contribution in [0, 0.1) is 0 Å². The van der Waals surface area contributed by atoms with E-state index in [-0.39, 0.29) is 6.10 Å².